The Labute approximate surface area is 168 Å². The van der Waals surface area contributed by atoms with Gasteiger partial charge in [0, 0.05) is 6.20 Å². The monoisotopic (exact) mass is 493 g/mol. The van der Waals surface area contributed by atoms with E-state index in [0.717, 1.165) is 6.42 Å². The minimum absolute atomic E-state index is 0.0778. The lowest BCUT2D eigenvalue weighted by Crippen LogP contribution is -2.51. The number of fused-ring (bicyclic) bond motifs is 2. The number of anilines is 1. The van der Waals surface area contributed by atoms with Gasteiger partial charge in [-0.15, -0.1) is 0 Å². The maximum atomic E-state index is 12.4. The van der Waals surface area contributed by atoms with E-state index >= 15 is 0 Å². The second-order valence-corrected chi connectivity index (χ2v) is 14.6. The smallest absolute Gasteiger partial charge is 0.351 e. The van der Waals surface area contributed by atoms with Crippen molar-refractivity contribution in [2.24, 2.45) is 0 Å². The summed E-state index contributed by atoms with van der Waals surface area (Å²) in [4.78, 5) is 16.3. The Morgan fingerprint density at radius 2 is 2.15 bits per heavy atom. The van der Waals surface area contributed by atoms with Gasteiger partial charge in [0.2, 0.25) is 0 Å². The number of aromatic nitrogens is 2. The van der Waals surface area contributed by atoms with Gasteiger partial charge in [0.25, 0.3) is 0 Å². The van der Waals surface area contributed by atoms with Gasteiger partial charge in [-0.2, -0.15) is 4.98 Å². The highest BCUT2D eigenvalue weighted by atomic mass is 127. The van der Waals surface area contributed by atoms with Crippen molar-refractivity contribution < 1.29 is 13.9 Å². The number of hydrogen-bond donors (Lipinski definition) is 1. The summed E-state index contributed by atoms with van der Waals surface area (Å²) in [5, 5.41) is 0.0778. The van der Waals surface area contributed by atoms with E-state index in [1.165, 1.54) is 4.57 Å². The molecular formula is C17H28IN3O4Si. The molecule has 4 atom stereocenters. The third-order valence-corrected chi connectivity index (χ3v) is 11.3. The van der Waals surface area contributed by atoms with E-state index in [2.05, 4.69) is 68.4 Å². The van der Waals surface area contributed by atoms with Gasteiger partial charge < -0.3 is 19.6 Å². The second-order valence-electron chi connectivity index (χ2n) is 8.67. The fourth-order valence-electron chi connectivity index (χ4n) is 3.26. The predicted molar refractivity (Wildman–Crippen MR) is 111 cm³/mol. The molecule has 26 heavy (non-hydrogen) atoms. The van der Waals surface area contributed by atoms with Crippen LogP contribution < -0.4 is 11.4 Å². The lowest BCUT2D eigenvalue weighted by Gasteiger charge is -2.40. The van der Waals surface area contributed by atoms with Crippen molar-refractivity contribution in [2.75, 3.05) is 12.3 Å². The fourth-order valence-corrected chi connectivity index (χ4v) is 5.01. The van der Waals surface area contributed by atoms with Gasteiger partial charge in [-0.1, -0.05) is 27.7 Å². The van der Waals surface area contributed by atoms with Crippen LogP contribution in [0.15, 0.2) is 11.0 Å². The van der Waals surface area contributed by atoms with E-state index in [4.69, 9.17) is 19.6 Å². The normalized spacial score (nSPS) is 31.6. The van der Waals surface area contributed by atoms with Gasteiger partial charge in [0.05, 0.1) is 10.2 Å². The Kier molecular flexibility index (Phi) is 5.09. The van der Waals surface area contributed by atoms with Crippen LogP contribution in [0.4, 0.5) is 5.82 Å². The zero-order valence-corrected chi connectivity index (χ0v) is 19.4. The van der Waals surface area contributed by atoms with Crippen LogP contribution in [-0.4, -0.2) is 42.3 Å². The first-order chi connectivity index (χ1) is 11.9. The number of nitrogens with zero attached hydrogens (tertiary/aromatic N) is 2. The highest BCUT2D eigenvalue weighted by Gasteiger charge is 2.63. The first-order valence-electron chi connectivity index (χ1n) is 8.93. The third-order valence-electron chi connectivity index (χ3n) is 6.01. The van der Waals surface area contributed by atoms with Crippen molar-refractivity contribution in [1.29, 1.82) is 0 Å². The number of ether oxygens (including phenoxy) is 2. The molecular weight excluding hydrogens is 465 g/mol. The Balaban J connectivity index is 1.97. The molecule has 0 spiro atoms. The SMILES string of the molecule is CC[C@]12CO[C@@H](C1O[Si](C)(C)C(C)(C)C)[C@H](n1cc(I)c(N)nc1=O)O2. The number of halogens is 1. The molecule has 0 saturated carbocycles. The maximum absolute atomic E-state index is 12.4. The molecule has 1 aromatic rings. The van der Waals surface area contributed by atoms with Crippen LogP contribution in [0.25, 0.3) is 0 Å². The molecule has 3 heterocycles. The van der Waals surface area contributed by atoms with Gasteiger partial charge >= 0.3 is 5.69 Å². The zero-order chi connectivity index (χ0) is 19.5. The van der Waals surface area contributed by atoms with Gasteiger partial charge in [-0.05, 0) is 47.1 Å². The quantitative estimate of drug-likeness (QED) is 0.513. The summed E-state index contributed by atoms with van der Waals surface area (Å²) in [6.07, 6.45) is 1.37. The highest BCUT2D eigenvalue weighted by Crippen LogP contribution is 2.50. The first kappa shape index (κ1) is 20.2. The zero-order valence-electron chi connectivity index (χ0n) is 16.2. The molecule has 1 unspecified atom stereocenters. The molecule has 2 aliphatic rings. The summed E-state index contributed by atoms with van der Waals surface area (Å²) in [6.45, 7) is 13.6. The molecule has 2 aliphatic heterocycles. The van der Waals surface area contributed by atoms with Crippen LogP contribution in [0.3, 0.4) is 0 Å². The molecule has 9 heteroatoms. The van der Waals surface area contributed by atoms with E-state index in [-0.39, 0.29) is 23.1 Å². The van der Waals surface area contributed by atoms with Crippen molar-refractivity contribution in [3.63, 3.8) is 0 Å². The Bertz CT molecular complexity index is 763. The van der Waals surface area contributed by atoms with E-state index < -0.39 is 25.8 Å². The Morgan fingerprint density at radius 1 is 1.50 bits per heavy atom. The van der Waals surface area contributed by atoms with Crippen molar-refractivity contribution in [2.45, 2.75) is 76.3 Å². The summed E-state index contributed by atoms with van der Waals surface area (Å²) in [6, 6.07) is 0. The number of hydrogen-bond acceptors (Lipinski definition) is 6. The van der Waals surface area contributed by atoms with Crippen LogP contribution in [0.2, 0.25) is 18.1 Å². The number of nitrogen functional groups attached to an aromatic ring is 1. The molecule has 0 aromatic carbocycles. The molecule has 1 aromatic heterocycles. The van der Waals surface area contributed by atoms with Crippen molar-refractivity contribution >= 4 is 36.7 Å². The van der Waals surface area contributed by atoms with Crippen LogP contribution in [0.1, 0.15) is 40.3 Å². The highest BCUT2D eigenvalue weighted by molar-refractivity contribution is 14.1. The average Bonchev–Trinajstić information content (AvgIpc) is 3.02. The van der Waals surface area contributed by atoms with Gasteiger partial charge in [0.1, 0.15) is 23.6 Å². The van der Waals surface area contributed by atoms with E-state index in [9.17, 15) is 4.79 Å². The number of rotatable bonds is 4. The summed E-state index contributed by atoms with van der Waals surface area (Å²) < 4.78 is 21.4. The van der Waals surface area contributed by atoms with Gasteiger partial charge in [0.15, 0.2) is 14.5 Å². The van der Waals surface area contributed by atoms with Crippen LogP contribution in [-0.2, 0) is 13.9 Å². The molecule has 2 fully saturated rings. The van der Waals surface area contributed by atoms with Crippen molar-refractivity contribution in [3.05, 3.63) is 20.3 Å². The standard InChI is InChI=1S/C17H28IN3O4Si/c1-7-17-9-23-11(12(17)25-26(5,6)16(2,3)4)14(24-17)21-8-10(18)13(19)20-15(21)22/h8,11-12,14H,7,9H2,1-6H3,(H2,19,20,22)/t11-,12?,14+,17-/m0/s1. The molecule has 7 nitrogen and oxygen atoms in total. The molecule has 3 rings (SSSR count). The van der Waals surface area contributed by atoms with Crippen LogP contribution in [0, 0.1) is 3.57 Å². The summed E-state index contributed by atoms with van der Waals surface area (Å²) in [5.41, 5.74) is 4.79. The Morgan fingerprint density at radius 3 is 2.73 bits per heavy atom. The molecule has 0 amide bonds. The van der Waals surface area contributed by atoms with Crippen molar-refractivity contribution in [3.8, 4) is 0 Å². The van der Waals surface area contributed by atoms with Crippen molar-refractivity contribution in [1.82, 2.24) is 9.55 Å². The predicted octanol–water partition coefficient (Wildman–Crippen LogP) is 2.90. The second kappa shape index (κ2) is 6.54. The third kappa shape index (κ3) is 3.15. The molecule has 0 aliphatic carbocycles. The first-order valence-corrected chi connectivity index (χ1v) is 12.9. The van der Waals surface area contributed by atoms with E-state index in [1.807, 2.05) is 0 Å². The molecule has 146 valence electrons. The minimum Gasteiger partial charge on any atom is -0.408 e. The summed E-state index contributed by atoms with van der Waals surface area (Å²) in [7, 11) is -2.03. The summed E-state index contributed by atoms with van der Waals surface area (Å²) in [5.74, 6) is 0.232. The van der Waals surface area contributed by atoms with Crippen LogP contribution in [0.5, 0.6) is 0 Å². The molecule has 2 bridgehead atoms. The topological polar surface area (TPSA) is 88.6 Å². The summed E-state index contributed by atoms with van der Waals surface area (Å²) >= 11 is 2.07. The Hall–Kier alpha value is -0.493. The van der Waals surface area contributed by atoms with Gasteiger partial charge in [-0.3, -0.25) is 4.57 Å². The molecule has 2 N–H and O–H groups in total. The fraction of sp³-hybridized carbons (Fsp3) is 0.765. The van der Waals surface area contributed by atoms with Crippen LogP contribution >= 0.6 is 22.6 Å². The maximum Gasteiger partial charge on any atom is 0.351 e. The lowest BCUT2D eigenvalue weighted by atomic mass is 9.96. The lowest BCUT2D eigenvalue weighted by molar-refractivity contribution is -0.175. The molecule has 0 radical (unpaired) electrons. The largest absolute Gasteiger partial charge is 0.408 e. The number of nitrogens with two attached hydrogens (primary N) is 1. The van der Waals surface area contributed by atoms with Gasteiger partial charge in [-0.25, -0.2) is 4.79 Å². The van der Waals surface area contributed by atoms with E-state index in [1.54, 1.807) is 6.20 Å². The minimum atomic E-state index is -2.03. The van der Waals surface area contributed by atoms with E-state index in [0.29, 0.717) is 10.2 Å². The molecule has 2 saturated heterocycles. The average molecular weight is 493 g/mol.